The molecule has 23 heavy (non-hydrogen) atoms. The van der Waals surface area contributed by atoms with Gasteiger partial charge in [-0.15, -0.1) is 0 Å². The van der Waals surface area contributed by atoms with Crippen LogP contribution in [0.1, 0.15) is 23.2 Å². The molecule has 0 radical (unpaired) electrons. The van der Waals surface area contributed by atoms with Gasteiger partial charge in [0.05, 0.1) is 18.2 Å². The van der Waals surface area contributed by atoms with Crippen molar-refractivity contribution in [3.8, 4) is 0 Å². The zero-order chi connectivity index (χ0) is 15.8. The maximum atomic E-state index is 11.9. The van der Waals surface area contributed by atoms with Crippen LogP contribution >= 0.6 is 0 Å². The van der Waals surface area contributed by atoms with Crippen LogP contribution in [0.4, 0.5) is 0 Å². The van der Waals surface area contributed by atoms with E-state index in [1.165, 1.54) is 36.2 Å². The molecule has 1 aliphatic rings. The molecule has 1 fully saturated rings. The third-order valence-electron chi connectivity index (χ3n) is 4.76. The Morgan fingerprint density at radius 3 is 2.83 bits per heavy atom. The molecule has 0 amide bonds. The lowest BCUT2D eigenvalue weighted by Crippen LogP contribution is -2.26. The first-order chi connectivity index (χ1) is 11.3. The Hall–Kier alpha value is -2.33. The van der Waals surface area contributed by atoms with Gasteiger partial charge in [-0.2, -0.15) is 0 Å². The Bertz CT molecular complexity index is 876. The third-order valence-corrected chi connectivity index (χ3v) is 4.76. The van der Waals surface area contributed by atoms with Gasteiger partial charge in [-0.05, 0) is 37.6 Å². The van der Waals surface area contributed by atoms with Crippen LogP contribution in [-0.4, -0.2) is 30.2 Å². The zero-order valence-corrected chi connectivity index (χ0v) is 13.2. The fourth-order valence-corrected chi connectivity index (χ4v) is 3.62. The molecule has 1 N–H and O–H groups in total. The summed E-state index contributed by atoms with van der Waals surface area (Å²) in [6.45, 7) is 2.02. The van der Waals surface area contributed by atoms with E-state index in [2.05, 4.69) is 34.1 Å². The van der Waals surface area contributed by atoms with Gasteiger partial charge in [0.2, 0.25) is 0 Å². The van der Waals surface area contributed by atoms with Crippen molar-refractivity contribution < 1.29 is 9.53 Å². The van der Waals surface area contributed by atoms with Gasteiger partial charge in [0.25, 0.3) is 0 Å². The van der Waals surface area contributed by atoms with Crippen molar-refractivity contribution in [1.82, 2.24) is 9.88 Å². The highest BCUT2D eigenvalue weighted by Crippen LogP contribution is 2.30. The number of carbonyl (C=O) groups excluding carboxylic acids is 1. The number of ether oxygens (including phenoxy) is 1. The summed E-state index contributed by atoms with van der Waals surface area (Å²) in [5, 5.41) is 5.98. The number of rotatable bonds is 3. The molecule has 3 aromatic rings. The average Bonchev–Trinajstić information content (AvgIpc) is 3.21. The molecule has 118 valence electrons. The molecule has 1 saturated heterocycles. The highest BCUT2D eigenvalue weighted by molar-refractivity contribution is 6.09. The monoisotopic (exact) mass is 308 g/mol. The van der Waals surface area contributed by atoms with E-state index in [4.69, 9.17) is 4.74 Å². The second-order valence-corrected chi connectivity index (χ2v) is 6.14. The average molecular weight is 308 g/mol. The van der Waals surface area contributed by atoms with Gasteiger partial charge in [0, 0.05) is 28.9 Å². The molecule has 2 heterocycles. The number of para-hydroxylation sites is 1. The van der Waals surface area contributed by atoms with Crippen molar-refractivity contribution in [2.45, 2.75) is 25.4 Å². The number of hydrogen-bond acceptors (Lipinski definition) is 3. The molecular formula is C19H20N2O2. The molecule has 0 saturated carbocycles. The van der Waals surface area contributed by atoms with Crippen LogP contribution in [0.3, 0.4) is 0 Å². The Labute approximate surface area is 135 Å². The molecular weight excluding hydrogens is 288 g/mol. The molecule has 0 unspecified atom stereocenters. The molecule has 1 aliphatic heterocycles. The third kappa shape index (κ3) is 2.39. The molecule has 0 aliphatic carbocycles. The van der Waals surface area contributed by atoms with E-state index in [9.17, 15) is 4.79 Å². The molecule has 1 atom stereocenters. The lowest BCUT2D eigenvalue weighted by Gasteiger charge is -2.14. The van der Waals surface area contributed by atoms with E-state index in [-0.39, 0.29) is 5.97 Å². The van der Waals surface area contributed by atoms with E-state index >= 15 is 0 Å². The second-order valence-electron chi connectivity index (χ2n) is 6.14. The number of aromatic nitrogens is 1. The number of nitrogens with zero attached hydrogens (tertiary/aromatic N) is 1. The predicted octanol–water partition coefficient (Wildman–Crippen LogP) is 3.33. The molecule has 0 spiro atoms. The van der Waals surface area contributed by atoms with Gasteiger partial charge in [0.15, 0.2) is 0 Å². The van der Waals surface area contributed by atoms with Crippen LogP contribution < -0.4 is 5.32 Å². The van der Waals surface area contributed by atoms with E-state index in [0.717, 1.165) is 18.6 Å². The van der Waals surface area contributed by atoms with Crippen LogP contribution in [0.2, 0.25) is 0 Å². The largest absolute Gasteiger partial charge is 0.465 e. The first kappa shape index (κ1) is 14.3. The van der Waals surface area contributed by atoms with Gasteiger partial charge < -0.3 is 14.6 Å². The molecule has 4 nitrogen and oxygen atoms in total. The Morgan fingerprint density at radius 1 is 1.22 bits per heavy atom. The van der Waals surface area contributed by atoms with Crippen molar-refractivity contribution in [2.75, 3.05) is 13.7 Å². The van der Waals surface area contributed by atoms with E-state index in [1.807, 2.05) is 18.2 Å². The summed E-state index contributed by atoms with van der Waals surface area (Å²) in [4.78, 5) is 11.9. The number of carbonyl (C=O) groups is 1. The number of hydrogen-bond donors (Lipinski definition) is 1. The lowest BCUT2D eigenvalue weighted by molar-refractivity contribution is 0.0601. The van der Waals surface area contributed by atoms with Crippen LogP contribution in [0.5, 0.6) is 0 Å². The highest BCUT2D eigenvalue weighted by Gasteiger charge is 2.19. The first-order valence-corrected chi connectivity index (χ1v) is 8.10. The fourth-order valence-electron chi connectivity index (χ4n) is 3.62. The van der Waals surface area contributed by atoms with E-state index in [0.29, 0.717) is 11.6 Å². The summed E-state index contributed by atoms with van der Waals surface area (Å²) in [6.07, 6.45) is 2.43. The summed E-state index contributed by atoms with van der Waals surface area (Å²) in [7, 11) is 1.42. The van der Waals surface area contributed by atoms with Crippen molar-refractivity contribution in [1.29, 1.82) is 0 Å². The van der Waals surface area contributed by atoms with Crippen LogP contribution in [-0.2, 0) is 11.3 Å². The van der Waals surface area contributed by atoms with Crippen LogP contribution in [0.15, 0.2) is 42.5 Å². The quantitative estimate of drug-likeness (QED) is 0.755. The van der Waals surface area contributed by atoms with Crippen molar-refractivity contribution in [2.24, 2.45) is 0 Å². The number of fused-ring (bicyclic) bond motifs is 3. The number of methoxy groups -OCH3 is 1. The SMILES string of the molecule is COC(=O)c1ccc2c3ccccc3n(C[C@@H]3CCCN3)c2c1. The van der Waals surface area contributed by atoms with E-state index < -0.39 is 0 Å². The molecule has 2 aromatic carbocycles. The summed E-state index contributed by atoms with van der Waals surface area (Å²) >= 11 is 0. The van der Waals surface area contributed by atoms with Crippen LogP contribution in [0, 0.1) is 0 Å². The van der Waals surface area contributed by atoms with Gasteiger partial charge in [-0.1, -0.05) is 24.3 Å². The minimum Gasteiger partial charge on any atom is -0.465 e. The maximum Gasteiger partial charge on any atom is 0.337 e. The molecule has 4 heteroatoms. The van der Waals surface area contributed by atoms with Crippen molar-refractivity contribution >= 4 is 27.8 Å². The zero-order valence-electron chi connectivity index (χ0n) is 13.2. The predicted molar refractivity (Wildman–Crippen MR) is 91.8 cm³/mol. The topological polar surface area (TPSA) is 43.3 Å². The Morgan fingerprint density at radius 2 is 2.04 bits per heavy atom. The smallest absolute Gasteiger partial charge is 0.337 e. The Kier molecular flexibility index (Phi) is 3.54. The normalized spacial score (nSPS) is 17.9. The number of esters is 1. The number of benzene rings is 2. The van der Waals surface area contributed by atoms with Crippen molar-refractivity contribution in [3.63, 3.8) is 0 Å². The lowest BCUT2D eigenvalue weighted by atomic mass is 10.1. The van der Waals surface area contributed by atoms with Crippen molar-refractivity contribution in [3.05, 3.63) is 48.0 Å². The summed E-state index contributed by atoms with van der Waals surface area (Å²) < 4.78 is 7.21. The fraction of sp³-hybridized carbons (Fsp3) is 0.316. The Balaban J connectivity index is 1.92. The molecule has 4 rings (SSSR count). The minimum absolute atomic E-state index is 0.289. The first-order valence-electron chi connectivity index (χ1n) is 8.10. The molecule has 1 aromatic heterocycles. The standard InChI is InChI=1S/C19H20N2O2/c1-23-19(22)13-8-9-16-15-6-2-3-7-17(15)21(18(16)11-13)12-14-5-4-10-20-14/h2-3,6-9,11,14,20H,4-5,10,12H2,1H3/t14-/m0/s1. The van der Waals surface area contributed by atoms with Gasteiger partial charge in [0.1, 0.15) is 0 Å². The summed E-state index contributed by atoms with van der Waals surface area (Å²) in [5.41, 5.74) is 2.92. The molecule has 0 bridgehead atoms. The van der Waals surface area contributed by atoms with Gasteiger partial charge in [-0.3, -0.25) is 0 Å². The maximum absolute atomic E-state index is 11.9. The number of nitrogens with one attached hydrogen (secondary N) is 1. The van der Waals surface area contributed by atoms with E-state index in [1.54, 1.807) is 0 Å². The minimum atomic E-state index is -0.289. The highest BCUT2D eigenvalue weighted by atomic mass is 16.5. The van der Waals surface area contributed by atoms with Gasteiger partial charge in [-0.25, -0.2) is 4.79 Å². The summed E-state index contributed by atoms with van der Waals surface area (Å²) in [6, 6.07) is 14.8. The van der Waals surface area contributed by atoms with Crippen LogP contribution in [0.25, 0.3) is 21.8 Å². The van der Waals surface area contributed by atoms with Gasteiger partial charge >= 0.3 is 5.97 Å². The summed E-state index contributed by atoms with van der Waals surface area (Å²) in [5.74, 6) is -0.289. The second kappa shape index (κ2) is 5.70.